The smallest absolute Gasteiger partial charge is 0.406 e. The molecule has 2 unspecified atom stereocenters. The predicted octanol–water partition coefficient (Wildman–Crippen LogP) is 3.56. The van der Waals surface area contributed by atoms with E-state index >= 15 is 0 Å². The van der Waals surface area contributed by atoms with Crippen LogP contribution < -0.4 is 15.4 Å². The highest BCUT2D eigenvalue weighted by Crippen LogP contribution is 2.31. The van der Waals surface area contributed by atoms with Crippen LogP contribution >= 0.6 is 0 Å². The third kappa shape index (κ3) is 7.17. The van der Waals surface area contributed by atoms with Crippen LogP contribution in [0.2, 0.25) is 0 Å². The van der Waals surface area contributed by atoms with Crippen molar-refractivity contribution in [3.05, 3.63) is 48.2 Å². The Hall–Kier alpha value is -3.40. The molecule has 1 aliphatic heterocycles. The van der Waals surface area contributed by atoms with E-state index in [2.05, 4.69) is 22.5 Å². The number of alkyl halides is 3. The number of fused-ring (bicyclic) bond motifs is 1. The van der Waals surface area contributed by atoms with E-state index in [4.69, 9.17) is 4.74 Å². The number of hydrogen-bond donors (Lipinski definition) is 3. The number of piperidine rings is 1. The maximum atomic E-state index is 13.2. The molecule has 3 N–H and O–H groups in total. The van der Waals surface area contributed by atoms with Crippen molar-refractivity contribution in [2.45, 2.75) is 36.2 Å². The zero-order valence-electron chi connectivity index (χ0n) is 21.8. The topological polar surface area (TPSA) is 95.8 Å². The average Bonchev–Trinajstić information content (AvgIpc) is 3.24. The number of β-amino-alcohol motifs (C(OH)–C–C–N with tert-alkyl or cyclic N) is 1. The number of likely N-dealkylation sites (N-methyl/N-ethyl adjacent to an activating group) is 1. The SMILES string of the molecule is COc1ccc(S(C)(=O)=O)cc1NCC#Cc1cc(NC2CCN(C)CC2O)c2ccn(CC(F)(F)F)c2c1. The number of likely N-dealkylation sites (tertiary alicyclic amines) is 1. The molecule has 12 heteroatoms. The molecule has 2 atom stereocenters. The van der Waals surface area contributed by atoms with Gasteiger partial charge in [0.05, 0.1) is 41.9 Å². The molecule has 1 fully saturated rings. The van der Waals surface area contributed by atoms with E-state index in [1.807, 2.05) is 11.9 Å². The lowest BCUT2D eigenvalue weighted by Gasteiger charge is -2.34. The minimum Gasteiger partial charge on any atom is -0.495 e. The van der Waals surface area contributed by atoms with Crippen LogP contribution in [0.3, 0.4) is 0 Å². The number of hydrogen-bond acceptors (Lipinski definition) is 7. The summed E-state index contributed by atoms with van der Waals surface area (Å²) in [4.78, 5) is 2.15. The molecule has 0 saturated carbocycles. The van der Waals surface area contributed by atoms with Crippen LogP contribution in [0.15, 0.2) is 47.5 Å². The van der Waals surface area contributed by atoms with Gasteiger partial charge in [0.15, 0.2) is 9.84 Å². The maximum Gasteiger partial charge on any atom is 0.406 e. The second-order valence-corrected chi connectivity index (χ2v) is 11.7. The fourth-order valence-electron chi connectivity index (χ4n) is 4.62. The molecule has 0 spiro atoms. The minimum atomic E-state index is -4.39. The fourth-order valence-corrected chi connectivity index (χ4v) is 5.26. The van der Waals surface area contributed by atoms with E-state index in [-0.39, 0.29) is 17.5 Å². The van der Waals surface area contributed by atoms with Crippen molar-refractivity contribution in [3.63, 3.8) is 0 Å². The van der Waals surface area contributed by atoms with Crippen molar-refractivity contribution in [3.8, 4) is 17.6 Å². The maximum absolute atomic E-state index is 13.2. The van der Waals surface area contributed by atoms with Gasteiger partial charge in [0, 0.05) is 35.6 Å². The fraction of sp³-hybridized carbons (Fsp3) is 0.407. The Labute approximate surface area is 225 Å². The summed E-state index contributed by atoms with van der Waals surface area (Å²) in [6.07, 6.45) is -1.84. The lowest BCUT2D eigenvalue weighted by atomic mass is 10.0. The zero-order chi connectivity index (χ0) is 28.4. The van der Waals surface area contributed by atoms with Crippen LogP contribution in [0.25, 0.3) is 10.9 Å². The zero-order valence-corrected chi connectivity index (χ0v) is 22.7. The van der Waals surface area contributed by atoms with Gasteiger partial charge in [0.1, 0.15) is 12.3 Å². The molecule has 39 heavy (non-hydrogen) atoms. The van der Waals surface area contributed by atoms with Gasteiger partial charge < -0.3 is 29.9 Å². The van der Waals surface area contributed by atoms with Gasteiger partial charge in [-0.25, -0.2) is 8.42 Å². The molecule has 1 saturated heterocycles. The van der Waals surface area contributed by atoms with Crippen molar-refractivity contribution in [2.75, 3.05) is 50.7 Å². The van der Waals surface area contributed by atoms with Crippen molar-refractivity contribution >= 4 is 32.1 Å². The van der Waals surface area contributed by atoms with E-state index in [1.165, 1.54) is 25.4 Å². The molecule has 0 bridgehead atoms. The Kier molecular flexibility index (Phi) is 8.34. The normalized spacial score (nSPS) is 18.4. The van der Waals surface area contributed by atoms with E-state index in [0.717, 1.165) is 17.4 Å². The highest BCUT2D eigenvalue weighted by molar-refractivity contribution is 7.90. The second kappa shape index (κ2) is 11.4. The van der Waals surface area contributed by atoms with Crippen molar-refractivity contribution < 1.29 is 31.4 Å². The summed E-state index contributed by atoms with van der Waals surface area (Å²) >= 11 is 0. The second-order valence-electron chi connectivity index (χ2n) is 9.67. The number of aliphatic hydroxyl groups excluding tert-OH is 1. The summed E-state index contributed by atoms with van der Waals surface area (Å²) < 4.78 is 69.9. The first-order valence-electron chi connectivity index (χ1n) is 12.3. The molecule has 0 radical (unpaired) electrons. The summed E-state index contributed by atoms with van der Waals surface area (Å²) in [5.74, 6) is 6.38. The Morgan fingerprint density at radius 1 is 1.18 bits per heavy atom. The molecule has 0 aliphatic carbocycles. The molecule has 1 aromatic heterocycles. The van der Waals surface area contributed by atoms with Gasteiger partial charge in [-0.1, -0.05) is 11.8 Å². The molecule has 3 aromatic rings. The van der Waals surface area contributed by atoms with Gasteiger partial charge in [-0.2, -0.15) is 13.2 Å². The van der Waals surface area contributed by atoms with Crippen molar-refractivity contribution in [1.29, 1.82) is 0 Å². The number of methoxy groups -OCH3 is 1. The third-order valence-electron chi connectivity index (χ3n) is 6.56. The summed E-state index contributed by atoms with van der Waals surface area (Å²) in [6.45, 7) is 0.260. The molecular formula is C27H31F3N4O4S. The number of benzene rings is 2. The number of sulfone groups is 1. The molecule has 210 valence electrons. The molecule has 4 rings (SSSR count). The van der Waals surface area contributed by atoms with Gasteiger partial charge >= 0.3 is 6.18 Å². The first kappa shape index (κ1) is 28.6. The Balaban J connectivity index is 1.62. The number of halogens is 3. The largest absolute Gasteiger partial charge is 0.495 e. The first-order chi connectivity index (χ1) is 18.3. The monoisotopic (exact) mass is 564 g/mol. The Bertz CT molecular complexity index is 1510. The minimum absolute atomic E-state index is 0.126. The van der Waals surface area contributed by atoms with Crippen molar-refractivity contribution in [2.24, 2.45) is 0 Å². The lowest BCUT2D eigenvalue weighted by Crippen LogP contribution is -2.48. The van der Waals surface area contributed by atoms with Gasteiger partial charge in [0.25, 0.3) is 0 Å². The summed E-state index contributed by atoms with van der Waals surface area (Å²) in [6, 6.07) is 9.20. The number of nitrogens with one attached hydrogen (secondary N) is 2. The summed E-state index contributed by atoms with van der Waals surface area (Å²) in [5.41, 5.74) is 1.91. The molecule has 2 heterocycles. The van der Waals surface area contributed by atoms with Crippen LogP contribution in [0.1, 0.15) is 12.0 Å². The highest BCUT2D eigenvalue weighted by atomic mass is 32.2. The van der Waals surface area contributed by atoms with E-state index in [9.17, 15) is 26.7 Å². The Morgan fingerprint density at radius 2 is 1.95 bits per heavy atom. The quantitative estimate of drug-likeness (QED) is 0.378. The van der Waals surface area contributed by atoms with Crippen LogP contribution in [-0.4, -0.2) is 81.4 Å². The molecule has 0 amide bonds. The lowest BCUT2D eigenvalue weighted by molar-refractivity contribution is -0.139. The number of aromatic nitrogens is 1. The molecular weight excluding hydrogens is 533 g/mol. The summed E-state index contributed by atoms with van der Waals surface area (Å²) in [7, 11) is -0.0335. The average molecular weight is 565 g/mol. The predicted molar refractivity (Wildman–Crippen MR) is 145 cm³/mol. The third-order valence-corrected chi connectivity index (χ3v) is 7.67. The number of rotatable bonds is 7. The van der Waals surface area contributed by atoms with Crippen LogP contribution in [0.4, 0.5) is 24.5 Å². The van der Waals surface area contributed by atoms with Crippen LogP contribution in [0.5, 0.6) is 5.75 Å². The van der Waals surface area contributed by atoms with E-state index < -0.39 is 28.7 Å². The molecule has 8 nitrogen and oxygen atoms in total. The van der Waals surface area contributed by atoms with Gasteiger partial charge in [-0.3, -0.25) is 0 Å². The summed E-state index contributed by atoms with van der Waals surface area (Å²) in [5, 5.41) is 17.5. The highest BCUT2D eigenvalue weighted by Gasteiger charge is 2.29. The molecule has 1 aliphatic rings. The van der Waals surface area contributed by atoms with Gasteiger partial charge in [-0.05, 0) is 56.4 Å². The van der Waals surface area contributed by atoms with Crippen LogP contribution in [-0.2, 0) is 16.4 Å². The number of anilines is 2. The van der Waals surface area contributed by atoms with E-state index in [1.54, 1.807) is 24.3 Å². The molecule has 2 aromatic carbocycles. The van der Waals surface area contributed by atoms with E-state index in [0.29, 0.717) is 46.6 Å². The number of aliphatic hydroxyl groups is 1. The number of ether oxygens (including phenoxy) is 1. The first-order valence-corrected chi connectivity index (χ1v) is 14.2. The van der Waals surface area contributed by atoms with Gasteiger partial charge in [0.2, 0.25) is 0 Å². The van der Waals surface area contributed by atoms with Crippen molar-refractivity contribution in [1.82, 2.24) is 9.47 Å². The standard InChI is InChI=1S/C27H31F3N4O4S/c1-33-11-9-21(25(35)16-33)32-22-13-18(14-24-20(22)8-12-34(24)17-27(28,29)30)5-4-10-31-23-15-19(39(3,36)37)6-7-26(23)38-2/h6-8,12-15,21,25,31-32,35H,9-11,16-17H2,1-3H3. The Morgan fingerprint density at radius 3 is 2.62 bits per heavy atom. The number of nitrogens with zero attached hydrogens (tertiary/aromatic N) is 2. The van der Waals surface area contributed by atoms with Crippen LogP contribution in [0, 0.1) is 11.8 Å². The van der Waals surface area contributed by atoms with Gasteiger partial charge in [-0.15, -0.1) is 0 Å².